The van der Waals surface area contributed by atoms with Crippen LogP contribution in [0, 0.1) is 5.92 Å². The van der Waals surface area contributed by atoms with E-state index in [0.29, 0.717) is 26.1 Å². The number of para-hydroxylation sites is 1. The van der Waals surface area contributed by atoms with Crippen molar-refractivity contribution in [1.29, 1.82) is 0 Å². The highest BCUT2D eigenvalue weighted by Gasteiger charge is 2.32. The van der Waals surface area contributed by atoms with Gasteiger partial charge in [0.25, 0.3) is 0 Å². The SMILES string of the molecule is CCOC(=O)NC1CC(C(=O)O)CN(c2ccccc2)C1. The lowest BCUT2D eigenvalue weighted by molar-refractivity contribution is -0.142. The summed E-state index contributed by atoms with van der Waals surface area (Å²) in [7, 11) is 0. The second-order valence-electron chi connectivity index (χ2n) is 5.07. The summed E-state index contributed by atoms with van der Waals surface area (Å²) in [5, 5.41) is 12.0. The van der Waals surface area contributed by atoms with Crippen LogP contribution in [0.15, 0.2) is 30.3 Å². The Kier molecular flexibility index (Phi) is 5.03. The average Bonchev–Trinajstić information content (AvgIpc) is 2.48. The Bertz CT molecular complexity index is 492. The van der Waals surface area contributed by atoms with Gasteiger partial charge in [0.15, 0.2) is 0 Å². The monoisotopic (exact) mass is 292 g/mol. The molecule has 1 fully saturated rings. The number of anilines is 1. The molecule has 1 saturated heterocycles. The molecular formula is C15H20N2O4. The van der Waals surface area contributed by atoms with Crippen molar-refractivity contribution in [3.05, 3.63) is 30.3 Å². The first-order valence-corrected chi connectivity index (χ1v) is 7.06. The Morgan fingerprint density at radius 3 is 2.67 bits per heavy atom. The number of carboxylic acid groups (broad SMARTS) is 1. The molecule has 1 aromatic rings. The van der Waals surface area contributed by atoms with E-state index in [4.69, 9.17) is 4.74 Å². The van der Waals surface area contributed by atoms with Gasteiger partial charge >= 0.3 is 12.1 Å². The molecule has 0 aromatic heterocycles. The summed E-state index contributed by atoms with van der Waals surface area (Å²) in [6.45, 7) is 3.05. The minimum absolute atomic E-state index is 0.237. The number of alkyl carbamates (subject to hydrolysis) is 1. The van der Waals surface area contributed by atoms with Crippen LogP contribution in [0.5, 0.6) is 0 Å². The number of nitrogens with zero attached hydrogens (tertiary/aromatic N) is 1. The molecule has 6 nitrogen and oxygen atoms in total. The summed E-state index contributed by atoms with van der Waals surface area (Å²) in [5.41, 5.74) is 0.958. The molecule has 21 heavy (non-hydrogen) atoms. The predicted octanol–water partition coefficient (Wildman–Crippen LogP) is 1.71. The van der Waals surface area contributed by atoms with Gasteiger partial charge in [-0.25, -0.2) is 4.79 Å². The molecule has 1 aliphatic rings. The van der Waals surface area contributed by atoms with Gasteiger partial charge in [-0.2, -0.15) is 0 Å². The third-order valence-corrected chi connectivity index (χ3v) is 3.52. The fraction of sp³-hybridized carbons (Fsp3) is 0.467. The predicted molar refractivity (Wildman–Crippen MR) is 78.3 cm³/mol. The molecule has 6 heteroatoms. The molecule has 114 valence electrons. The van der Waals surface area contributed by atoms with Crippen LogP contribution >= 0.6 is 0 Å². The van der Waals surface area contributed by atoms with E-state index in [9.17, 15) is 14.7 Å². The molecule has 2 N–H and O–H groups in total. The standard InChI is InChI=1S/C15H20N2O4/c1-2-21-15(20)16-12-8-11(14(18)19)9-17(10-12)13-6-4-3-5-7-13/h3-7,11-12H,2,8-10H2,1H3,(H,16,20)(H,18,19). The minimum atomic E-state index is -0.841. The van der Waals surface area contributed by atoms with Crippen LogP contribution in [-0.4, -0.2) is 42.9 Å². The Hall–Kier alpha value is -2.24. The Labute approximate surface area is 123 Å². The van der Waals surface area contributed by atoms with E-state index in [1.54, 1.807) is 6.92 Å². The highest BCUT2D eigenvalue weighted by atomic mass is 16.5. The van der Waals surface area contributed by atoms with Gasteiger partial charge in [0.05, 0.1) is 18.6 Å². The van der Waals surface area contributed by atoms with Gasteiger partial charge in [-0.3, -0.25) is 4.79 Å². The summed E-state index contributed by atoms with van der Waals surface area (Å²) >= 11 is 0. The molecule has 1 amide bonds. The number of carbonyl (C=O) groups is 2. The van der Waals surface area contributed by atoms with E-state index < -0.39 is 18.0 Å². The largest absolute Gasteiger partial charge is 0.481 e. The molecule has 2 unspecified atom stereocenters. The van der Waals surface area contributed by atoms with Gasteiger partial charge in [-0.15, -0.1) is 0 Å². The number of piperidine rings is 1. The Morgan fingerprint density at radius 1 is 1.33 bits per heavy atom. The van der Waals surface area contributed by atoms with Crippen molar-refractivity contribution < 1.29 is 19.4 Å². The zero-order valence-corrected chi connectivity index (χ0v) is 12.0. The van der Waals surface area contributed by atoms with Gasteiger partial charge in [0.2, 0.25) is 0 Å². The molecule has 0 aliphatic carbocycles. The fourth-order valence-electron chi connectivity index (χ4n) is 2.57. The van der Waals surface area contributed by atoms with Gasteiger partial charge in [0, 0.05) is 18.8 Å². The molecule has 1 aliphatic heterocycles. The number of rotatable bonds is 4. The first kappa shape index (κ1) is 15.2. The van der Waals surface area contributed by atoms with Crippen molar-refractivity contribution in [3.63, 3.8) is 0 Å². The lowest BCUT2D eigenvalue weighted by Gasteiger charge is -2.37. The molecule has 1 heterocycles. The molecule has 0 radical (unpaired) electrons. The quantitative estimate of drug-likeness (QED) is 0.883. The average molecular weight is 292 g/mol. The molecule has 0 spiro atoms. The van der Waals surface area contributed by atoms with E-state index in [-0.39, 0.29) is 6.04 Å². The molecule has 2 rings (SSSR count). The van der Waals surface area contributed by atoms with E-state index in [0.717, 1.165) is 5.69 Å². The highest BCUT2D eigenvalue weighted by Crippen LogP contribution is 2.23. The number of benzene rings is 1. The van der Waals surface area contributed by atoms with Crippen LogP contribution < -0.4 is 10.2 Å². The maximum atomic E-state index is 11.5. The van der Waals surface area contributed by atoms with E-state index in [2.05, 4.69) is 5.32 Å². The van der Waals surface area contributed by atoms with Crippen LogP contribution in [0.3, 0.4) is 0 Å². The summed E-state index contributed by atoms with van der Waals surface area (Å²) in [6.07, 6.45) is -0.0844. The Morgan fingerprint density at radius 2 is 2.05 bits per heavy atom. The normalized spacial score (nSPS) is 21.7. The van der Waals surface area contributed by atoms with Crippen LogP contribution in [-0.2, 0) is 9.53 Å². The van der Waals surface area contributed by atoms with Crippen molar-refractivity contribution in [1.82, 2.24) is 5.32 Å². The van der Waals surface area contributed by atoms with Crippen LogP contribution in [0.1, 0.15) is 13.3 Å². The van der Waals surface area contributed by atoms with Crippen molar-refractivity contribution in [2.75, 3.05) is 24.6 Å². The van der Waals surface area contributed by atoms with E-state index in [1.807, 2.05) is 35.2 Å². The summed E-state index contributed by atoms with van der Waals surface area (Å²) in [5.74, 6) is -1.35. The number of ether oxygens (including phenoxy) is 1. The fourth-order valence-corrected chi connectivity index (χ4v) is 2.57. The van der Waals surface area contributed by atoms with Crippen LogP contribution in [0.25, 0.3) is 0 Å². The number of hydrogen-bond acceptors (Lipinski definition) is 4. The van der Waals surface area contributed by atoms with Crippen LogP contribution in [0.4, 0.5) is 10.5 Å². The second kappa shape index (κ2) is 6.97. The molecular weight excluding hydrogens is 272 g/mol. The topological polar surface area (TPSA) is 78.9 Å². The van der Waals surface area contributed by atoms with Crippen molar-refractivity contribution in [2.45, 2.75) is 19.4 Å². The van der Waals surface area contributed by atoms with Gasteiger partial charge in [0.1, 0.15) is 0 Å². The highest BCUT2D eigenvalue weighted by molar-refractivity contribution is 5.72. The smallest absolute Gasteiger partial charge is 0.407 e. The lowest BCUT2D eigenvalue weighted by atomic mass is 9.94. The van der Waals surface area contributed by atoms with Gasteiger partial charge in [-0.1, -0.05) is 18.2 Å². The Balaban J connectivity index is 2.08. The van der Waals surface area contributed by atoms with Crippen LogP contribution in [0.2, 0.25) is 0 Å². The third-order valence-electron chi connectivity index (χ3n) is 3.52. The number of carboxylic acids is 1. The van der Waals surface area contributed by atoms with Gasteiger partial charge < -0.3 is 20.1 Å². The first-order chi connectivity index (χ1) is 10.1. The molecule has 1 aromatic carbocycles. The summed E-state index contributed by atoms with van der Waals surface area (Å²) in [4.78, 5) is 24.8. The zero-order valence-electron chi connectivity index (χ0n) is 12.0. The summed E-state index contributed by atoms with van der Waals surface area (Å²) < 4.78 is 4.87. The minimum Gasteiger partial charge on any atom is -0.481 e. The number of hydrogen-bond donors (Lipinski definition) is 2. The van der Waals surface area contributed by atoms with Crippen molar-refractivity contribution in [2.24, 2.45) is 5.92 Å². The van der Waals surface area contributed by atoms with Crippen molar-refractivity contribution >= 4 is 17.7 Å². The third kappa shape index (κ3) is 4.11. The summed E-state index contributed by atoms with van der Waals surface area (Å²) in [6, 6.07) is 9.37. The lowest BCUT2D eigenvalue weighted by Crippen LogP contribution is -2.52. The van der Waals surface area contributed by atoms with E-state index in [1.165, 1.54) is 0 Å². The number of nitrogens with one attached hydrogen (secondary N) is 1. The van der Waals surface area contributed by atoms with Gasteiger partial charge in [-0.05, 0) is 25.5 Å². The molecule has 0 bridgehead atoms. The number of amides is 1. The maximum absolute atomic E-state index is 11.5. The number of carbonyl (C=O) groups excluding carboxylic acids is 1. The number of aliphatic carboxylic acids is 1. The molecule has 0 saturated carbocycles. The maximum Gasteiger partial charge on any atom is 0.407 e. The molecule has 2 atom stereocenters. The first-order valence-electron chi connectivity index (χ1n) is 7.06. The zero-order chi connectivity index (χ0) is 15.2. The van der Waals surface area contributed by atoms with E-state index >= 15 is 0 Å². The van der Waals surface area contributed by atoms with Crippen molar-refractivity contribution in [3.8, 4) is 0 Å². The second-order valence-corrected chi connectivity index (χ2v) is 5.07.